The Morgan fingerprint density at radius 1 is 1.17 bits per heavy atom. The van der Waals surface area contributed by atoms with Crippen molar-refractivity contribution < 1.29 is 14.3 Å². The second-order valence-corrected chi connectivity index (χ2v) is 8.83. The first-order valence-corrected chi connectivity index (χ1v) is 11.3. The van der Waals surface area contributed by atoms with Crippen molar-refractivity contribution in [1.29, 1.82) is 0 Å². The van der Waals surface area contributed by atoms with Crippen LogP contribution in [0.2, 0.25) is 0 Å². The number of carbonyl (C=O) groups is 1. The number of piperidine rings is 1. The number of ether oxygens (including phenoxy) is 2. The standard InChI is InChI=1S/C23H25N3O3S/c1-15-12-19(23(27)25-8-3-4-17(14-25)22-24-7-11-30-22)16(2)26(15)18-5-6-20-21(13-18)29-10-9-28-20/h5-7,11-13,17H,3-4,8-10,14H2,1-2H3. The van der Waals surface area contributed by atoms with Crippen molar-refractivity contribution in [3.8, 4) is 17.2 Å². The molecule has 0 bridgehead atoms. The van der Waals surface area contributed by atoms with E-state index in [1.165, 1.54) is 0 Å². The number of aryl methyl sites for hydroxylation is 1. The maximum atomic E-state index is 13.4. The molecule has 0 saturated carbocycles. The molecule has 30 heavy (non-hydrogen) atoms. The van der Waals surface area contributed by atoms with E-state index in [9.17, 15) is 4.79 Å². The smallest absolute Gasteiger partial charge is 0.255 e. The minimum atomic E-state index is 0.105. The van der Waals surface area contributed by atoms with Crippen LogP contribution in [0, 0.1) is 13.8 Å². The number of carbonyl (C=O) groups excluding carboxylic acids is 1. The lowest BCUT2D eigenvalue weighted by Gasteiger charge is -2.32. The maximum Gasteiger partial charge on any atom is 0.255 e. The fourth-order valence-electron chi connectivity index (χ4n) is 4.52. The van der Waals surface area contributed by atoms with Gasteiger partial charge >= 0.3 is 0 Å². The van der Waals surface area contributed by atoms with E-state index < -0.39 is 0 Å². The fourth-order valence-corrected chi connectivity index (χ4v) is 5.29. The van der Waals surface area contributed by atoms with Gasteiger partial charge in [-0.2, -0.15) is 0 Å². The molecule has 1 atom stereocenters. The Kier molecular flexibility index (Phi) is 4.98. The highest BCUT2D eigenvalue weighted by Crippen LogP contribution is 2.34. The van der Waals surface area contributed by atoms with Crippen LogP contribution in [0.1, 0.15) is 45.5 Å². The molecule has 0 N–H and O–H groups in total. The number of hydrogen-bond acceptors (Lipinski definition) is 5. The summed E-state index contributed by atoms with van der Waals surface area (Å²) in [6.07, 6.45) is 3.95. The second kappa shape index (κ2) is 7.80. The van der Waals surface area contributed by atoms with Crippen molar-refractivity contribution in [2.45, 2.75) is 32.6 Å². The van der Waals surface area contributed by atoms with Gasteiger partial charge in [-0.15, -0.1) is 11.3 Å². The molecule has 1 amide bonds. The van der Waals surface area contributed by atoms with Crippen molar-refractivity contribution in [3.63, 3.8) is 0 Å². The molecule has 156 valence electrons. The van der Waals surface area contributed by atoms with Crippen LogP contribution in [0.3, 0.4) is 0 Å². The van der Waals surface area contributed by atoms with Gasteiger partial charge < -0.3 is 18.9 Å². The first-order valence-electron chi connectivity index (χ1n) is 10.4. The van der Waals surface area contributed by atoms with E-state index in [0.29, 0.717) is 19.1 Å². The zero-order valence-corrected chi connectivity index (χ0v) is 18.1. The van der Waals surface area contributed by atoms with Crippen molar-refractivity contribution in [3.05, 3.63) is 57.8 Å². The van der Waals surface area contributed by atoms with Gasteiger partial charge in [0.1, 0.15) is 13.2 Å². The normalized spacial score (nSPS) is 18.5. The summed E-state index contributed by atoms with van der Waals surface area (Å²) in [6, 6.07) is 7.94. The van der Waals surface area contributed by atoms with Crippen LogP contribution in [0.4, 0.5) is 0 Å². The predicted octanol–water partition coefficient (Wildman–Crippen LogP) is 4.34. The number of thiazole rings is 1. The lowest BCUT2D eigenvalue weighted by atomic mass is 9.98. The van der Waals surface area contributed by atoms with E-state index in [1.807, 2.05) is 54.6 Å². The van der Waals surface area contributed by atoms with E-state index in [1.54, 1.807) is 11.3 Å². The Morgan fingerprint density at radius 3 is 2.80 bits per heavy atom. The number of nitrogens with zero attached hydrogens (tertiary/aromatic N) is 3. The van der Waals surface area contributed by atoms with Crippen LogP contribution in [-0.2, 0) is 0 Å². The third-order valence-corrected chi connectivity index (χ3v) is 6.89. The lowest BCUT2D eigenvalue weighted by molar-refractivity contribution is 0.0706. The van der Waals surface area contributed by atoms with Gasteiger partial charge in [-0.1, -0.05) is 0 Å². The molecule has 6 nitrogen and oxygen atoms in total. The highest BCUT2D eigenvalue weighted by Gasteiger charge is 2.29. The molecule has 0 aliphatic carbocycles. The lowest BCUT2D eigenvalue weighted by Crippen LogP contribution is -2.39. The Labute approximate surface area is 180 Å². The number of benzene rings is 1. The zero-order chi connectivity index (χ0) is 20.7. The Balaban J connectivity index is 1.43. The molecule has 1 aromatic carbocycles. The van der Waals surface area contributed by atoms with E-state index in [0.717, 1.165) is 65.1 Å². The first-order chi connectivity index (χ1) is 14.6. The maximum absolute atomic E-state index is 13.4. The van der Waals surface area contributed by atoms with Crippen LogP contribution in [0.15, 0.2) is 35.8 Å². The van der Waals surface area contributed by atoms with Crippen LogP contribution >= 0.6 is 11.3 Å². The van der Waals surface area contributed by atoms with Crippen molar-refractivity contribution in [1.82, 2.24) is 14.5 Å². The average molecular weight is 424 g/mol. The molecule has 3 aromatic rings. The summed E-state index contributed by atoms with van der Waals surface area (Å²) in [5, 5.41) is 3.14. The van der Waals surface area contributed by atoms with Gasteiger partial charge in [0.05, 0.1) is 10.6 Å². The molecular formula is C23H25N3O3S. The Hall–Kier alpha value is -2.80. The molecule has 0 spiro atoms. The molecule has 2 aromatic heterocycles. The van der Waals surface area contributed by atoms with E-state index in [-0.39, 0.29) is 5.91 Å². The highest BCUT2D eigenvalue weighted by atomic mass is 32.1. The number of fused-ring (bicyclic) bond motifs is 1. The molecule has 2 aliphatic heterocycles. The van der Waals surface area contributed by atoms with Gasteiger partial charge in [-0.3, -0.25) is 4.79 Å². The molecule has 7 heteroatoms. The Morgan fingerprint density at radius 2 is 2.00 bits per heavy atom. The zero-order valence-electron chi connectivity index (χ0n) is 17.3. The topological polar surface area (TPSA) is 56.6 Å². The van der Waals surface area contributed by atoms with Gasteiger partial charge in [-0.25, -0.2) is 4.98 Å². The van der Waals surface area contributed by atoms with Gasteiger partial charge in [-0.05, 0) is 44.9 Å². The molecule has 4 heterocycles. The molecule has 0 radical (unpaired) electrons. The third kappa shape index (κ3) is 3.37. The van der Waals surface area contributed by atoms with Gasteiger partial charge in [0, 0.05) is 53.7 Å². The molecule has 1 unspecified atom stereocenters. The minimum Gasteiger partial charge on any atom is -0.486 e. The number of aromatic nitrogens is 2. The summed E-state index contributed by atoms with van der Waals surface area (Å²) < 4.78 is 13.5. The summed E-state index contributed by atoms with van der Waals surface area (Å²) in [4.78, 5) is 19.9. The van der Waals surface area contributed by atoms with E-state index >= 15 is 0 Å². The number of likely N-dealkylation sites (tertiary alicyclic amines) is 1. The molecular weight excluding hydrogens is 398 g/mol. The van der Waals surface area contributed by atoms with Gasteiger partial charge in [0.15, 0.2) is 11.5 Å². The second-order valence-electron chi connectivity index (χ2n) is 7.91. The summed E-state index contributed by atoms with van der Waals surface area (Å²) in [5.74, 6) is 1.96. The predicted molar refractivity (Wildman–Crippen MR) is 116 cm³/mol. The van der Waals surface area contributed by atoms with Crippen LogP contribution < -0.4 is 9.47 Å². The SMILES string of the molecule is Cc1cc(C(=O)N2CCCC(c3nccs3)C2)c(C)n1-c1ccc2c(c1)OCCO2. The highest BCUT2D eigenvalue weighted by molar-refractivity contribution is 7.09. The minimum absolute atomic E-state index is 0.105. The monoisotopic (exact) mass is 423 g/mol. The van der Waals surface area contributed by atoms with Gasteiger partial charge in [0.2, 0.25) is 0 Å². The number of rotatable bonds is 3. The average Bonchev–Trinajstić information content (AvgIpc) is 3.41. The van der Waals surface area contributed by atoms with Crippen molar-refractivity contribution in [2.75, 3.05) is 26.3 Å². The number of hydrogen-bond donors (Lipinski definition) is 0. The molecule has 2 aliphatic rings. The summed E-state index contributed by atoms with van der Waals surface area (Å²) >= 11 is 1.68. The van der Waals surface area contributed by atoms with E-state index in [4.69, 9.17) is 9.47 Å². The summed E-state index contributed by atoms with van der Waals surface area (Å²) in [5.41, 5.74) is 3.72. The van der Waals surface area contributed by atoms with Crippen LogP contribution in [0.5, 0.6) is 11.5 Å². The molecule has 5 rings (SSSR count). The fraction of sp³-hybridized carbons (Fsp3) is 0.391. The first kappa shape index (κ1) is 19.2. The quantitative estimate of drug-likeness (QED) is 0.629. The van der Waals surface area contributed by atoms with Gasteiger partial charge in [0.25, 0.3) is 5.91 Å². The largest absolute Gasteiger partial charge is 0.486 e. The van der Waals surface area contributed by atoms with Crippen LogP contribution in [0.25, 0.3) is 5.69 Å². The van der Waals surface area contributed by atoms with Crippen LogP contribution in [-0.4, -0.2) is 46.7 Å². The molecule has 1 fully saturated rings. The van der Waals surface area contributed by atoms with Crippen molar-refractivity contribution in [2.24, 2.45) is 0 Å². The number of amides is 1. The Bertz CT molecular complexity index is 1070. The van der Waals surface area contributed by atoms with E-state index in [2.05, 4.69) is 9.55 Å². The van der Waals surface area contributed by atoms with Crippen molar-refractivity contribution >= 4 is 17.2 Å². The summed E-state index contributed by atoms with van der Waals surface area (Å²) in [7, 11) is 0. The third-order valence-electron chi connectivity index (χ3n) is 5.95. The summed E-state index contributed by atoms with van der Waals surface area (Å²) in [6.45, 7) is 6.71. The molecule has 1 saturated heterocycles.